The average Bonchev–Trinajstić information content (AvgIpc) is 3.05. The highest BCUT2D eigenvalue weighted by Gasteiger charge is 2.12. The van der Waals surface area contributed by atoms with Crippen molar-refractivity contribution >= 4 is 17.7 Å². The van der Waals surface area contributed by atoms with E-state index in [1.165, 1.54) is 69.2 Å². The van der Waals surface area contributed by atoms with E-state index in [2.05, 4.69) is 12.1 Å². The number of hydrogen-bond acceptors (Lipinski definition) is 6. The number of oxime groups is 1. The molecule has 0 saturated heterocycles. The summed E-state index contributed by atoms with van der Waals surface area (Å²) in [6.07, 6.45) is 13.9. The van der Waals surface area contributed by atoms with Gasteiger partial charge in [-0.2, -0.15) is 0 Å². The van der Waals surface area contributed by atoms with Crippen LogP contribution in [0.5, 0.6) is 11.5 Å². The summed E-state index contributed by atoms with van der Waals surface area (Å²) in [4.78, 5) is 28.1. The number of unbranched alkanes of at least 4 members (excludes halogenated alkanes) is 10. The van der Waals surface area contributed by atoms with Crippen LogP contribution in [-0.2, 0) is 4.84 Å². The molecule has 0 atom stereocenters. The minimum Gasteiger partial charge on any atom is -0.493 e. The summed E-state index contributed by atoms with van der Waals surface area (Å²) in [5.41, 5.74) is 2.17. The topological polar surface area (TPSA) is 115 Å². The van der Waals surface area contributed by atoms with E-state index in [9.17, 15) is 19.8 Å². The molecule has 0 heterocycles. The fourth-order valence-corrected chi connectivity index (χ4v) is 4.82. The monoisotopic (exact) mass is 617 g/mol. The molecule has 0 aromatic heterocycles. The molecule has 8 heteroatoms. The van der Waals surface area contributed by atoms with Gasteiger partial charge in [0.05, 0.1) is 24.3 Å². The molecule has 0 saturated carbocycles. The van der Waals surface area contributed by atoms with Gasteiger partial charge in [-0.1, -0.05) is 87.4 Å². The van der Waals surface area contributed by atoms with Crippen LogP contribution in [0, 0.1) is 0 Å². The van der Waals surface area contributed by atoms with Crippen molar-refractivity contribution < 1.29 is 34.1 Å². The van der Waals surface area contributed by atoms with E-state index in [1.54, 1.807) is 24.3 Å². The summed E-state index contributed by atoms with van der Waals surface area (Å²) in [7, 11) is 0. The van der Waals surface area contributed by atoms with E-state index in [1.807, 2.05) is 24.3 Å². The van der Waals surface area contributed by atoms with Gasteiger partial charge in [0.15, 0.2) is 0 Å². The molecule has 45 heavy (non-hydrogen) atoms. The Labute approximate surface area is 267 Å². The Balaban J connectivity index is 1.35. The first kappa shape index (κ1) is 35.2. The quantitative estimate of drug-likeness (QED) is 0.0620. The molecular weight excluding hydrogens is 570 g/mol. The Morgan fingerprint density at radius 1 is 0.556 bits per heavy atom. The predicted molar refractivity (Wildman–Crippen MR) is 177 cm³/mol. The van der Waals surface area contributed by atoms with E-state index in [4.69, 9.17) is 14.3 Å². The van der Waals surface area contributed by atoms with Crippen molar-refractivity contribution in [2.24, 2.45) is 5.16 Å². The van der Waals surface area contributed by atoms with Gasteiger partial charge in [0.25, 0.3) is 0 Å². The van der Waals surface area contributed by atoms with Crippen LogP contribution in [0.25, 0.3) is 0 Å². The van der Waals surface area contributed by atoms with E-state index >= 15 is 0 Å². The highest BCUT2D eigenvalue weighted by atomic mass is 16.6. The molecule has 3 aromatic carbocycles. The van der Waals surface area contributed by atoms with E-state index < -0.39 is 11.9 Å². The molecule has 0 bridgehead atoms. The fourth-order valence-electron chi connectivity index (χ4n) is 4.82. The second-order valence-corrected chi connectivity index (χ2v) is 11.1. The number of ether oxygens (including phenoxy) is 2. The van der Waals surface area contributed by atoms with Gasteiger partial charge in [-0.05, 0) is 68.5 Å². The minimum absolute atomic E-state index is 0.166. The normalized spacial score (nSPS) is 10.7. The zero-order chi connectivity index (χ0) is 32.1. The molecular formula is C37H47NO7. The third-order valence-corrected chi connectivity index (χ3v) is 7.44. The molecule has 0 aliphatic rings. The van der Waals surface area contributed by atoms with Gasteiger partial charge in [-0.15, -0.1) is 0 Å². The summed E-state index contributed by atoms with van der Waals surface area (Å²) in [5, 5.41) is 22.7. The summed E-state index contributed by atoms with van der Waals surface area (Å²) in [6.45, 7) is 4.03. The summed E-state index contributed by atoms with van der Waals surface area (Å²) in [6, 6.07) is 20.5. The first-order valence-corrected chi connectivity index (χ1v) is 16.2. The van der Waals surface area contributed by atoms with Gasteiger partial charge in [-0.25, -0.2) is 9.59 Å². The Bertz CT molecular complexity index is 1260. The number of carboxylic acid groups (broad SMARTS) is 2. The maximum Gasteiger partial charge on any atom is 0.335 e. The highest BCUT2D eigenvalue weighted by Crippen LogP contribution is 2.21. The van der Waals surface area contributed by atoms with Crippen LogP contribution in [0.1, 0.15) is 116 Å². The maximum atomic E-state index is 11.2. The zero-order valence-electron chi connectivity index (χ0n) is 26.4. The fraction of sp³-hybridized carbons (Fsp3) is 0.432. The molecule has 2 N–H and O–H groups in total. The maximum absolute atomic E-state index is 11.2. The summed E-state index contributed by atoms with van der Waals surface area (Å²) in [5.74, 6) is -0.358. The number of carboxylic acids is 2. The van der Waals surface area contributed by atoms with E-state index in [0.717, 1.165) is 50.2 Å². The third kappa shape index (κ3) is 13.5. The summed E-state index contributed by atoms with van der Waals surface area (Å²) < 4.78 is 11.9. The van der Waals surface area contributed by atoms with Crippen molar-refractivity contribution in [1.82, 2.24) is 0 Å². The van der Waals surface area contributed by atoms with Crippen LogP contribution in [0.2, 0.25) is 0 Å². The Kier molecular flexibility index (Phi) is 16.1. The molecule has 8 nitrogen and oxygen atoms in total. The predicted octanol–water partition coefficient (Wildman–Crippen LogP) is 9.01. The molecule has 0 aliphatic heterocycles. The van der Waals surface area contributed by atoms with Crippen molar-refractivity contribution in [3.05, 3.63) is 95.1 Å². The number of benzene rings is 3. The van der Waals surface area contributed by atoms with Crippen molar-refractivity contribution in [3.8, 4) is 11.5 Å². The standard InChI is InChI=1S/C37H47NO7/c1-2-3-4-5-6-7-8-11-25-43-33-15-14-16-34(28-33)44-26-12-9-10-13-27-45-38-35(29-17-21-31(22-18-29)36(39)40)30-19-23-32(24-20-30)37(41)42/h14-24,28H,2-13,25-27H2,1H3,(H,39,40)(H,41,42). The molecule has 0 aliphatic carbocycles. The molecule has 3 rings (SSSR count). The third-order valence-electron chi connectivity index (χ3n) is 7.44. The first-order chi connectivity index (χ1) is 22.0. The van der Waals surface area contributed by atoms with Gasteiger partial charge < -0.3 is 24.5 Å². The minimum atomic E-state index is -1.01. The zero-order valence-corrected chi connectivity index (χ0v) is 26.4. The lowest BCUT2D eigenvalue weighted by atomic mass is 10.00. The second kappa shape index (κ2) is 20.6. The average molecular weight is 618 g/mol. The number of carbonyl (C=O) groups is 2. The number of hydrogen-bond donors (Lipinski definition) is 2. The molecule has 0 fully saturated rings. The molecule has 0 spiro atoms. The molecule has 0 amide bonds. The van der Waals surface area contributed by atoms with Crippen LogP contribution < -0.4 is 9.47 Å². The summed E-state index contributed by atoms with van der Waals surface area (Å²) >= 11 is 0. The van der Waals surface area contributed by atoms with Crippen LogP contribution in [0.3, 0.4) is 0 Å². The lowest BCUT2D eigenvalue weighted by Gasteiger charge is -2.10. The SMILES string of the molecule is CCCCCCCCCCOc1cccc(OCCCCCCON=C(c2ccc(C(=O)O)cc2)c2ccc(C(=O)O)cc2)c1. The van der Waals surface area contributed by atoms with Gasteiger partial charge >= 0.3 is 11.9 Å². The van der Waals surface area contributed by atoms with Crippen molar-refractivity contribution in [3.63, 3.8) is 0 Å². The molecule has 242 valence electrons. The molecule has 3 aromatic rings. The molecule has 0 radical (unpaired) electrons. The van der Waals surface area contributed by atoms with E-state index in [-0.39, 0.29) is 11.1 Å². The largest absolute Gasteiger partial charge is 0.493 e. The lowest BCUT2D eigenvalue weighted by molar-refractivity contribution is 0.0686. The van der Waals surface area contributed by atoms with Gasteiger partial charge in [0.2, 0.25) is 0 Å². The van der Waals surface area contributed by atoms with Crippen LogP contribution in [0.15, 0.2) is 78.0 Å². The van der Waals surface area contributed by atoms with Gasteiger partial charge in [0.1, 0.15) is 23.8 Å². The second-order valence-electron chi connectivity index (χ2n) is 11.1. The number of rotatable bonds is 23. The smallest absolute Gasteiger partial charge is 0.335 e. The van der Waals surface area contributed by atoms with E-state index in [0.29, 0.717) is 30.1 Å². The van der Waals surface area contributed by atoms with Crippen LogP contribution in [-0.4, -0.2) is 47.7 Å². The number of aromatic carboxylic acids is 2. The first-order valence-electron chi connectivity index (χ1n) is 16.2. The Hall–Kier alpha value is -4.33. The lowest BCUT2D eigenvalue weighted by Crippen LogP contribution is -2.07. The number of nitrogens with zero attached hydrogens (tertiary/aromatic N) is 1. The van der Waals surface area contributed by atoms with Crippen molar-refractivity contribution in [1.29, 1.82) is 0 Å². The van der Waals surface area contributed by atoms with Crippen LogP contribution >= 0.6 is 0 Å². The van der Waals surface area contributed by atoms with Gasteiger partial charge in [0, 0.05) is 17.2 Å². The van der Waals surface area contributed by atoms with Crippen molar-refractivity contribution in [2.45, 2.75) is 84.0 Å². The molecule has 0 unspecified atom stereocenters. The van der Waals surface area contributed by atoms with Gasteiger partial charge in [-0.3, -0.25) is 0 Å². The van der Waals surface area contributed by atoms with Crippen LogP contribution in [0.4, 0.5) is 0 Å². The Morgan fingerprint density at radius 2 is 0.956 bits per heavy atom. The Morgan fingerprint density at radius 3 is 1.40 bits per heavy atom. The van der Waals surface area contributed by atoms with Crippen molar-refractivity contribution in [2.75, 3.05) is 19.8 Å². The highest BCUT2D eigenvalue weighted by molar-refractivity contribution is 6.13.